The van der Waals surface area contributed by atoms with E-state index < -0.39 is 0 Å². The summed E-state index contributed by atoms with van der Waals surface area (Å²) in [6, 6.07) is 7.92. The van der Waals surface area contributed by atoms with Gasteiger partial charge >= 0.3 is 0 Å². The van der Waals surface area contributed by atoms with E-state index in [1.807, 2.05) is 19.1 Å². The van der Waals surface area contributed by atoms with Crippen molar-refractivity contribution in [3.8, 4) is 11.8 Å². The molecule has 1 aliphatic rings. The van der Waals surface area contributed by atoms with Gasteiger partial charge in [-0.1, -0.05) is 12.1 Å². The molecule has 0 amide bonds. The van der Waals surface area contributed by atoms with E-state index in [1.165, 1.54) is 0 Å². The van der Waals surface area contributed by atoms with Crippen LogP contribution in [-0.4, -0.2) is 36.2 Å². The summed E-state index contributed by atoms with van der Waals surface area (Å²) in [7, 11) is 0. The van der Waals surface area contributed by atoms with Gasteiger partial charge in [-0.3, -0.25) is 4.90 Å². The second-order valence-corrected chi connectivity index (χ2v) is 4.73. The Morgan fingerprint density at radius 2 is 2.17 bits per heavy atom. The van der Waals surface area contributed by atoms with Gasteiger partial charge in [-0.05, 0) is 18.6 Å². The van der Waals surface area contributed by atoms with Crippen molar-refractivity contribution in [1.29, 1.82) is 5.26 Å². The Labute approximate surface area is 108 Å². The molecule has 0 spiro atoms. The fraction of sp³-hybridized carbons (Fsp3) is 0.500. The van der Waals surface area contributed by atoms with E-state index in [9.17, 15) is 5.11 Å². The molecule has 1 fully saturated rings. The summed E-state index contributed by atoms with van der Waals surface area (Å²) in [6.45, 7) is 5.66. The summed E-state index contributed by atoms with van der Waals surface area (Å²) in [5.74, 6) is 0.300. The lowest BCUT2D eigenvalue weighted by Gasteiger charge is -2.34. The summed E-state index contributed by atoms with van der Waals surface area (Å²) >= 11 is 0. The molecule has 1 aliphatic heterocycles. The molecule has 1 saturated heterocycles. The zero-order chi connectivity index (χ0) is 13.0. The molecule has 0 unspecified atom stereocenters. The van der Waals surface area contributed by atoms with Crippen molar-refractivity contribution in [2.24, 2.45) is 0 Å². The van der Waals surface area contributed by atoms with Crippen molar-refractivity contribution in [2.45, 2.75) is 19.4 Å². The highest BCUT2D eigenvalue weighted by atomic mass is 16.3. The Morgan fingerprint density at radius 3 is 2.78 bits per heavy atom. The molecule has 1 atom stereocenters. The number of nitrogens with one attached hydrogen (secondary N) is 1. The van der Waals surface area contributed by atoms with Gasteiger partial charge in [0.2, 0.25) is 0 Å². The Bertz CT molecular complexity index is 447. The van der Waals surface area contributed by atoms with Crippen LogP contribution in [0, 0.1) is 18.3 Å². The molecular weight excluding hydrogens is 226 g/mol. The third-order valence-corrected chi connectivity index (χ3v) is 3.42. The summed E-state index contributed by atoms with van der Waals surface area (Å²) < 4.78 is 0. The number of phenols is 1. The lowest BCUT2D eigenvalue weighted by Crippen LogP contribution is -2.45. The highest BCUT2D eigenvalue weighted by Gasteiger charge is 2.24. The normalized spacial score (nSPS) is 18.2. The smallest absolute Gasteiger partial charge is 0.120 e. The molecule has 0 aliphatic carbocycles. The average Bonchev–Trinajstić information content (AvgIpc) is 2.38. The fourth-order valence-corrected chi connectivity index (χ4v) is 2.45. The molecule has 2 rings (SSSR count). The van der Waals surface area contributed by atoms with E-state index in [4.69, 9.17) is 5.26 Å². The van der Waals surface area contributed by atoms with Crippen molar-refractivity contribution >= 4 is 0 Å². The van der Waals surface area contributed by atoms with Crippen molar-refractivity contribution in [3.63, 3.8) is 0 Å². The number of phenolic OH excluding ortho intramolecular Hbond substituents is 1. The van der Waals surface area contributed by atoms with E-state index in [0.29, 0.717) is 12.2 Å². The number of piperazine rings is 1. The maximum atomic E-state index is 10.1. The molecule has 0 saturated carbocycles. The third kappa shape index (κ3) is 2.81. The summed E-state index contributed by atoms with van der Waals surface area (Å²) in [6.07, 6.45) is 0.413. The van der Waals surface area contributed by atoms with Crippen LogP contribution in [0.3, 0.4) is 0 Å². The summed E-state index contributed by atoms with van der Waals surface area (Å²) in [5.41, 5.74) is 1.90. The van der Waals surface area contributed by atoms with Gasteiger partial charge in [-0.2, -0.15) is 5.26 Å². The minimum absolute atomic E-state index is 0.00213. The standard InChI is InChI=1S/C14H19N3O/c1-11-2-3-12(14(18)10-11)13(4-5-15)17-8-6-16-7-9-17/h2-3,10,13,16,18H,4,6-9H2,1H3/t13-/m1/s1. The van der Waals surface area contributed by atoms with E-state index in [2.05, 4.69) is 16.3 Å². The van der Waals surface area contributed by atoms with Gasteiger partial charge in [0.05, 0.1) is 18.5 Å². The van der Waals surface area contributed by atoms with Gasteiger partial charge in [-0.15, -0.1) is 0 Å². The largest absolute Gasteiger partial charge is 0.508 e. The first-order chi connectivity index (χ1) is 8.72. The average molecular weight is 245 g/mol. The molecule has 0 radical (unpaired) electrons. The van der Waals surface area contributed by atoms with Crippen LogP contribution in [0.1, 0.15) is 23.6 Å². The second-order valence-electron chi connectivity index (χ2n) is 4.73. The number of nitrogens with zero attached hydrogens (tertiary/aromatic N) is 2. The molecule has 1 aromatic rings. The van der Waals surface area contributed by atoms with Crippen LogP contribution in [-0.2, 0) is 0 Å². The number of rotatable bonds is 3. The Morgan fingerprint density at radius 1 is 1.44 bits per heavy atom. The first kappa shape index (κ1) is 12.9. The van der Waals surface area contributed by atoms with E-state index in [1.54, 1.807) is 6.07 Å². The molecule has 2 N–H and O–H groups in total. The number of aromatic hydroxyl groups is 1. The van der Waals surface area contributed by atoms with Crippen molar-refractivity contribution in [1.82, 2.24) is 10.2 Å². The van der Waals surface area contributed by atoms with Crippen LogP contribution in [0.4, 0.5) is 0 Å². The summed E-state index contributed by atoms with van der Waals surface area (Å²) in [4.78, 5) is 2.27. The van der Waals surface area contributed by atoms with Crippen molar-refractivity contribution in [2.75, 3.05) is 26.2 Å². The maximum absolute atomic E-state index is 10.1. The van der Waals surface area contributed by atoms with Gasteiger partial charge in [0.1, 0.15) is 5.75 Å². The molecule has 1 aromatic carbocycles. The van der Waals surface area contributed by atoms with Crippen LogP contribution in [0.2, 0.25) is 0 Å². The number of benzene rings is 1. The van der Waals surface area contributed by atoms with Crippen molar-refractivity contribution < 1.29 is 5.11 Å². The monoisotopic (exact) mass is 245 g/mol. The van der Waals surface area contributed by atoms with Crippen molar-refractivity contribution in [3.05, 3.63) is 29.3 Å². The van der Waals surface area contributed by atoms with Gasteiger partial charge in [0, 0.05) is 31.7 Å². The zero-order valence-corrected chi connectivity index (χ0v) is 10.7. The lowest BCUT2D eigenvalue weighted by atomic mass is 9.99. The van der Waals surface area contributed by atoms with Crippen LogP contribution in [0.5, 0.6) is 5.75 Å². The first-order valence-corrected chi connectivity index (χ1v) is 6.33. The van der Waals surface area contributed by atoms with E-state index in [0.717, 1.165) is 37.3 Å². The SMILES string of the molecule is Cc1ccc([C@@H](CC#N)N2CCNCC2)c(O)c1. The number of nitriles is 1. The quantitative estimate of drug-likeness (QED) is 0.848. The van der Waals surface area contributed by atoms with Crippen LogP contribution >= 0.6 is 0 Å². The Hall–Kier alpha value is -1.57. The van der Waals surface area contributed by atoms with Crippen LogP contribution in [0.25, 0.3) is 0 Å². The maximum Gasteiger partial charge on any atom is 0.120 e. The van der Waals surface area contributed by atoms with Gasteiger partial charge in [-0.25, -0.2) is 0 Å². The number of aryl methyl sites for hydroxylation is 1. The number of hydrogen-bond acceptors (Lipinski definition) is 4. The predicted molar refractivity (Wildman–Crippen MR) is 70.3 cm³/mol. The van der Waals surface area contributed by atoms with E-state index >= 15 is 0 Å². The van der Waals surface area contributed by atoms with Crippen LogP contribution < -0.4 is 5.32 Å². The van der Waals surface area contributed by atoms with Gasteiger partial charge in [0.15, 0.2) is 0 Å². The summed E-state index contributed by atoms with van der Waals surface area (Å²) in [5, 5.41) is 22.4. The molecule has 0 bridgehead atoms. The molecule has 4 heteroatoms. The molecule has 18 heavy (non-hydrogen) atoms. The first-order valence-electron chi connectivity index (χ1n) is 6.33. The number of hydrogen-bond donors (Lipinski definition) is 2. The minimum atomic E-state index is -0.00213. The highest BCUT2D eigenvalue weighted by molar-refractivity contribution is 5.38. The minimum Gasteiger partial charge on any atom is -0.508 e. The lowest BCUT2D eigenvalue weighted by molar-refractivity contribution is 0.173. The fourth-order valence-electron chi connectivity index (χ4n) is 2.45. The van der Waals surface area contributed by atoms with Gasteiger partial charge < -0.3 is 10.4 Å². The van der Waals surface area contributed by atoms with Gasteiger partial charge in [0.25, 0.3) is 0 Å². The second kappa shape index (κ2) is 5.85. The third-order valence-electron chi connectivity index (χ3n) is 3.42. The van der Waals surface area contributed by atoms with Crippen LogP contribution in [0.15, 0.2) is 18.2 Å². The highest BCUT2D eigenvalue weighted by Crippen LogP contribution is 2.31. The molecule has 4 nitrogen and oxygen atoms in total. The molecule has 96 valence electrons. The Balaban J connectivity index is 2.25. The molecular formula is C14H19N3O. The van der Waals surface area contributed by atoms with E-state index in [-0.39, 0.29) is 6.04 Å². The Kier molecular flexibility index (Phi) is 4.19. The predicted octanol–water partition coefficient (Wildman–Crippen LogP) is 1.56. The zero-order valence-electron chi connectivity index (χ0n) is 10.7. The molecule has 1 heterocycles. The molecule has 0 aromatic heterocycles. The topological polar surface area (TPSA) is 59.3 Å².